The number of para-hydroxylation sites is 1. The number of rotatable bonds is 3. The molecule has 1 aromatic carbocycles. The molecule has 0 radical (unpaired) electrons. The van der Waals surface area contributed by atoms with Crippen LogP contribution >= 0.6 is 0 Å². The summed E-state index contributed by atoms with van der Waals surface area (Å²) in [5, 5.41) is 7.91. The molecule has 0 fully saturated rings. The molecule has 2 aromatic rings. The van der Waals surface area contributed by atoms with E-state index in [1.54, 1.807) is 0 Å². The highest BCUT2D eigenvalue weighted by molar-refractivity contribution is 7.89. The van der Waals surface area contributed by atoms with Crippen molar-refractivity contribution in [1.29, 1.82) is 0 Å². The van der Waals surface area contributed by atoms with Crippen molar-refractivity contribution in [2.45, 2.75) is 0 Å². The Kier molecular flexibility index (Phi) is 5.00. The van der Waals surface area contributed by atoms with Crippen LogP contribution in [0.4, 0.5) is 0 Å². The second-order valence-corrected chi connectivity index (χ2v) is 6.67. The highest BCUT2D eigenvalue weighted by Gasteiger charge is 2.11. The average Bonchev–Trinajstić information content (AvgIpc) is 2.73. The minimum Gasteiger partial charge on any atom is -0.286 e. The molecular formula is C9H12N2O6S2. The van der Waals surface area contributed by atoms with Crippen molar-refractivity contribution in [3.8, 4) is 0 Å². The fourth-order valence-electron chi connectivity index (χ4n) is 1.09. The molecule has 0 bridgehead atoms. The van der Waals surface area contributed by atoms with E-state index in [0.29, 0.717) is 0 Å². The van der Waals surface area contributed by atoms with Crippen LogP contribution in [0.25, 0.3) is 10.9 Å². The highest BCUT2D eigenvalue weighted by Crippen LogP contribution is 2.06. The van der Waals surface area contributed by atoms with Crippen LogP contribution in [0.1, 0.15) is 0 Å². The van der Waals surface area contributed by atoms with Crippen molar-refractivity contribution in [2.75, 3.05) is 11.5 Å². The van der Waals surface area contributed by atoms with Gasteiger partial charge in [-0.05, 0) is 6.07 Å². The Bertz CT molecular complexity index is 673. The van der Waals surface area contributed by atoms with Crippen molar-refractivity contribution in [2.24, 2.45) is 0 Å². The first-order valence-electron chi connectivity index (χ1n) is 4.96. The van der Waals surface area contributed by atoms with Crippen LogP contribution < -0.4 is 0 Å². The predicted octanol–water partition coefficient (Wildman–Crippen LogP) is 0.325. The van der Waals surface area contributed by atoms with Crippen LogP contribution in [0.2, 0.25) is 0 Å². The molecule has 0 spiro atoms. The molecule has 0 amide bonds. The van der Waals surface area contributed by atoms with Gasteiger partial charge in [-0.15, -0.1) is 0 Å². The first kappa shape index (κ1) is 15.6. The van der Waals surface area contributed by atoms with E-state index in [9.17, 15) is 16.8 Å². The normalized spacial score (nSPS) is 11.9. The third-order valence-electron chi connectivity index (χ3n) is 1.95. The number of aromatic amines is 1. The zero-order valence-corrected chi connectivity index (χ0v) is 11.2. The molecule has 0 aliphatic carbocycles. The number of nitrogens with zero attached hydrogens (tertiary/aromatic N) is 1. The fraction of sp³-hybridized carbons (Fsp3) is 0.222. The molecule has 8 nitrogen and oxygen atoms in total. The number of hydrogen-bond acceptors (Lipinski definition) is 5. The summed E-state index contributed by atoms with van der Waals surface area (Å²) in [5.74, 6) is -1.96. The summed E-state index contributed by atoms with van der Waals surface area (Å²) < 4.78 is 55.4. The van der Waals surface area contributed by atoms with Gasteiger partial charge in [0.15, 0.2) is 0 Å². The Morgan fingerprint density at radius 2 is 1.53 bits per heavy atom. The van der Waals surface area contributed by atoms with Crippen LogP contribution in [0.3, 0.4) is 0 Å². The Morgan fingerprint density at radius 3 is 2.00 bits per heavy atom. The summed E-state index contributed by atoms with van der Waals surface area (Å²) in [6.07, 6.45) is 1.81. The quantitative estimate of drug-likeness (QED) is 0.694. The number of nitrogens with one attached hydrogen (secondary N) is 1. The van der Waals surface area contributed by atoms with E-state index in [-0.39, 0.29) is 0 Å². The Balaban J connectivity index is 0.000000190. The highest BCUT2D eigenvalue weighted by atomic mass is 32.2. The first-order valence-corrected chi connectivity index (χ1v) is 8.18. The first-order chi connectivity index (χ1) is 8.67. The zero-order chi connectivity index (χ0) is 14.5. The maximum absolute atomic E-state index is 9.86. The number of hydrogen-bond donors (Lipinski definition) is 3. The molecule has 0 atom stereocenters. The van der Waals surface area contributed by atoms with Crippen molar-refractivity contribution in [3.63, 3.8) is 0 Å². The molecule has 106 valence electrons. The minimum atomic E-state index is -4.30. The average molecular weight is 308 g/mol. The summed E-state index contributed by atoms with van der Waals surface area (Å²) in [5.41, 5.74) is 1.09. The maximum atomic E-state index is 9.86. The van der Waals surface area contributed by atoms with Crippen LogP contribution in [0.15, 0.2) is 30.5 Å². The monoisotopic (exact) mass is 308 g/mol. The van der Waals surface area contributed by atoms with Crippen molar-refractivity contribution in [3.05, 3.63) is 30.5 Å². The molecular weight excluding hydrogens is 296 g/mol. The summed E-state index contributed by atoms with van der Waals surface area (Å²) in [6.45, 7) is 0. The standard InChI is InChI=1S/C7H6N2.C2H6O6S2/c1-2-4-7-6(3-1)5-8-9-7;3-9(4,5)1-2-10(6,7)8/h1-5H,(H,8,9);1-2H2,(H,3,4,5)(H,6,7,8). The topological polar surface area (TPSA) is 137 Å². The van der Waals surface area contributed by atoms with Gasteiger partial charge in [-0.25, -0.2) is 0 Å². The van der Waals surface area contributed by atoms with Gasteiger partial charge >= 0.3 is 0 Å². The number of fused-ring (bicyclic) bond motifs is 1. The van der Waals surface area contributed by atoms with Crippen molar-refractivity contribution < 1.29 is 25.9 Å². The Morgan fingerprint density at radius 1 is 1.00 bits per heavy atom. The van der Waals surface area contributed by atoms with Crippen LogP contribution in [-0.2, 0) is 20.2 Å². The Hall–Kier alpha value is -1.49. The van der Waals surface area contributed by atoms with Crippen LogP contribution in [0, 0.1) is 0 Å². The van der Waals surface area contributed by atoms with E-state index in [2.05, 4.69) is 10.2 Å². The number of benzene rings is 1. The second kappa shape index (κ2) is 6.10. The van der Waals surface area contributed by atoms with E-state index in [1.807, 2.05) is 30.5 Å². The largest absolute Gasteiger partial charge is 0.286 e. The van der Waals surface area contributed by atoms with E-state index in [4.69, 9.17) is 9.11 Å². The molecule has 0 saturated heterocycles. The predicted molar refractivity (Wildman–Crippen MR) is 68.9 cm³/mol. The van der Waals surface area contributed by atoms with E-state index < -0.39 is 31.7 Å². The molecule has 10 heteroatoms. The molecule has 1 aromatic heterocycles. The molecule has 3 N–H and O–H groups in total. The fourth-order valence-corrected chi connectivity index (χ4v) is 2.78. The van der Waals surface area contributed by atoms with Gasteiger partial charge in [0, 0.05) is 5.39 Å². The molecule has 2 rings (SSSR count). The van der Waals surface area contributed by atoms with Crippen molar-refractivity contribution >= 4 is 31.1 Å². The van der Waals surface area contributed by atoms with Gasteiger partial charge in [-0.3, -0.25) is 14.2 Å². The second-order valence-electron chi connectivity index (χ2n) is 3.53. The SMILES string of the molecule is O=S(=O)(O)CCS(=O)(=O)O.c1ccc2[nH]ncc2c1. The van der Waals surface area contributed by atoms with Gasteiger partial charge < -0.3 is 0 Å². The lowest BCUT2D eigenvalue weighted by Crippen LogP contribution is -2.15. The summed E-state index contributed by atoms with van der Waals surface area (Å²) >= 11 is 0. The summed E-state index contributed by atoms with van der Waals surface area (Å²) in [4.78, 5) is 0. The van der Waals surface area contributed by atoms with Crippen LogP contribution in [0.5, 0.6) is 0 Å². The lowest BCUT2D eigenvalue weighted by Gasteiger charge is -1.92. The van der Waals surface area contributed by atoms with Gasteiger partial charge in [-0.2, -0.15) is 21.9 Å². The van der Waals surface area contributed by atoms with Gasteiger partial charge in [-0.1, -0.05) is 18.2 Å². The molecule has 0 saturated carbocycles. The maximum Gasteiger partial charge on any atom is 0.265 e. The third kappa shape index (κ3) is 6.86. The minimum absolute atomic E-state index is 0.980. The zero-order valence-electron chi connectivity index (χ0n) is 9.59. The molecule has 19 heavy (non-hydrogen) atoms. The van der Waals surface area contributed by atoms with E-state index >= 15 is 0 Å². The lowest BCUT2D eigenvalue weighted by atomic mass is 10.3. The van der Waals surface area contributed by atoms with Crippen molar-refractivity contribution in [1.82, 2.24) is 10.2 Å². The molecule has 0 aliphatic rings. The number of H-pyrrole nitrogens is 1. The van der Waals surface area contributed by atoms with Gasteiger partial charge in [0.2, 0.25) is 0 Å². The summed E-state index contributed by atoms with van der Waals surface area (Å²) in [6, 6.07) is 8.01. The lowest BCUT2D eigenvalue weighted by molar-refractivity contribution is 0.472. The molecule has 0 unspecified atom stereocenters. The van der Waals surface area contributed by atoms with Gasteiger partial charge in [0.25, 0.3) is 20.2 Å². The molecule has 0 aliphatic heterocycles. The number of aromatic nitrogens is 2. The van der Waals surface area contributed by atoms with Gasteiger partial charge in [0.1, 0.15) is 0 Å². The smallest absolute Gasteiger partial charge is 0.265 e. The molecule has 1 heterocycles. The van der Waals surface area contributed by atoms with Gasteiger partial charge in [0.05, 0.1) is 23.2 Å². The van der Waals surface area contributed by atoms with Crippen LogP contribution in [-0.4, -0.2) is 47.6 Å². The summed E-state index contributed by atoms with van der Waals surface area (Å²) in [7, 11) is -8.59. The van der Waals surface area contributed by atoms with E-state index in [0.717, 1.165) is 10.9 Å². The third-order valence-corrected chi connectivity index (χ3v) is 3.65. The van der Waals surface area contributed by atoms with E-state index in [1.165, 1.54) is 0 Å². The Labute approximate surface area is 110 Å².